The van der Waals surface area contributed by atoms with E-state index >= 15 is 0 Å². The van der Waals surface area contributed by atoms with Crippen molar-refractivity contribution in [2.75, 3.05) is 0 Å². The van der Waals surface area contributed by atoms with Gasteiger partial charge < -0.3 is 9.53 Å². The summed E-state index contributed by atoms with van der Waals surface area (Å²) in [7, 11) is -1.95. The van der Waals surface area contributed by atoms with Gasteiger partial charge in [0.05, 0.1) is 0 Å². The van der Waals surface area contributed by atoms with Crippen molar-refractivity contribution in [3.63, 3.8) is 0 Å². The number of aliphatic carboxylic acids is 1. The minimum Gasteiger partial charge on any atom is -0.517 e. The Labute approximate surface area is 91.1 Å². The van der Waals surface area contributed by atoms with Crippen LogP contribution >= 0.6 is 0 Å². The van der Waals surface area contributed by atoms with Crippen molar-refractivity contribution in [2.45, 2.75) is 38.9 Å². The van der Waals surface area contributed by atoms with Crippen LogP contribution in [0.5, 0.6) is 0 Å². The Balaban J connectivity index is 4.09. The standard InChI is InChI=1S/C10H18O4Si/c1-4-5-8-15(2,3)14-10(13)7-6-9(11)12/h6-7H,4-5,8H2,1-3H3,(H,11,12)/b7-6-. The predicted molar refractivity (Wildman–Crippen MR) is 60.1 cm³/mol. The second-order valence-electron chi connectivity index (χ2n) is 3.96. The topological polar surface area (TPSA) is 63.6 Å². The molecule has 0 aromatic rings. The number of rotatable bonds is 6. The van der Waals surface area contributed by atoms with E-state index < -0.39 is 20.3 Å². The molecule has 0 aliphatic rings. The van der Waals surface area contributed by atoms with Crippen molar-refractivity contribution in [3.8, 4) is 0 Å². The zero-order chi connectivity index (χ0) is 11.9. The maximum Gasteiger partial charge on any atom is 0.328 e. The highest BCUT2D eigenvalue weighted by Crippen LogP contribution is 2.15. The van der Waals surface area contributed by atoms with E-state index in [1.165, 1.54) is 0 Å². The normalized spacial score (nSPS) is 11.7. The third-order valence-electron chi connectivity index (χ3n) is 1.87. The molecule has 0 heterocycles. The van der Waals surface area contributed by atoms with Gasteiger partial charge in [0.15, 0.2) is 0 Å². The first-order valence-electron chi connectivity index (χ1n) is 5.01. The first-order valence-corrected chi connectivity index (χ1v) is 8.13. The quantitative estimate of drug-likeness (QED) is 0.561. The van der Waals surface area contributed by atoms with E-state index in [9.17, 15) is 9.59 Å². The first-order chi connectivity index (χ1) is 6.87. The summed E-state index contributed by atoms with van der Waals surface area (Å²) in [5, 5.41) is 8.32. The lowest BCUT2D eigenvalue weighted by Gasteiger charge is -2.21. The zero-order valence-electron chi connectivity index (χ0n) is 9.45. The van der Waals surface area contributed by atoms with E-state index in [1.54, 1.807) is 0 Å². The fourth-order valence-electron chi connectivity index (χ4n) is 1.10. The lowest BCUT2D eigenvalue weighted by atomic mass is 10.4. The molecule has 5 heteroatoms. The maximum absolute atomic E-state index is 11.2. The molecule has 1 N–H and O–H groups in total. The highest BCUT2D eigenvalue weighted by atomic mass is 28.4. The molecule has 0 aliphatic heterocycles. The second-order valence-corrected chi connectivity index (χ2v) is 8.18. The van der Waals surface area contributed by atoms with Gasteiger partial charge in [-0.05, 0) is 19.1 Å². The van der Waals surface area contributed by atoms with Gasteiger partial charge in [-0.25, -0.2) is 9.59 Å². The summed E-state index contributed by atoms with van der Waals surface area (Å²) in [6.45, 7) is 5.99. The highest BCUT2D eigenvalue weighted by Gasteiger charge is 2.25. The van der Waals surface area contributed by atoms with Crippen molar-refractivity contribution >= 4 is 20.3 Å². The molecule has 0 amide bonds. The summed E-state index contributed by atoms with van der Waals surface area (Å²) < 4.78 is 5.24. The molecular formula is C10H18O4Si. The number of unbranched alkanes of at least 4 members (excludes halogenated alkanes) is 1. The molecule has 0 unspecified atom stereocenters. The van der Waals surface area contributed by atoms with Crippen LogP contribution in [0.3, 0.4) is 0 Å². The minimum atomic E-state index is -1.95. The molecule has 86 valence electrons. The van der Waals surface area contributed by atoms with Crippen LogP contribution in [-0.4, -0.2) is 25.4 Å². The Bertz CT molecular complexity index is 258. The van der Waals surface area contributed by atoms with Gasteiger partial charge in [0.1, 0.15) is 0 Å². The van der Waals surface area contributed by atoms with Crippen molar-refractivity contribution in [3.05, 3.63) is 12.2 Å². The van der Waals surface area contributed by atoms with Crippen LogP contribution < -0.4 is 0 Å². The average Bonchev–Trinajstić information content (AvgIpc) is 2.11. The largest absolute Gasteiger partial charge is 0.517 e. The van der Waals surface area contributed by atoms with E-state index in [4.69, 9.17) is 9.53 Å². The van der Waals surface area contributed by atoms with Crippen molar-refractivity contribution in [1.29, 1.82) is 0 Å². The lowest BCUT2D eigenvalue weighted by Crippen LogP contribution is -2.32. The van der Waals surface area contributed by atoms with E-state index in [0.29, 0.717) is 0 Å². The van der Waals surface area contributed by atoms with Crippen LogP contribution in [0.4, 0.5) is 0 Å². The molecule has 0 aromatic heterocycles. The molecule has 0 aromatic carbocycles. The Morgan fingerprint density at radius 2 is 1.93 bits per heavy atom. The van der Waals surface area contributed by atoms with Gasteiger partial charge in [-0.1, -0.05) is 19.8 Å². The van der Waals surface area contributed by atoms with Gasteiger partial charge >= 0.3 is 11.9 Å². The predicted octanol–water partition coefficient (Wildman–Crippen LogP) is 2.18. The Kier molecular flexibility index (Phi) is 5.92. The number of carbonyl (C=O) groups excluding carboxylic acids is 1. The van der Waals surface area contributed by atoms with Gasteiger partial charge in [-0.2, -0.15) is 0 Å². The number of carbonyl (C=O) groups is 2. The van der Waals surface area contributed by atoms with Gasteiger partial charge in [0.25, 0.3) is 0 Å². The molecule has 0 saturated carbocycles. The maximum atomic E-state index is 11.2. The molecular weight excluding hydrogens is 212 g/mol. The van der Waals surface area contributed by atoms with Crippen LogP contribution in [0.25, 0.3) is 0 Å². The Morgan fingerprint density at radius 3 is 2.40 bits per heavy atom. The average molecular weight is 230 g/mol. The van der Waals surface area contributed by atoms with E-state index in [1.807, 2.05) is 13.1 Å². The molecule has 0 fully saturated rings. The van der Waals surface area contributed by atoms with Crippen LogP contribution in [0.15, 0.2) is 12.2 Å². The molecule has 0 rings (SSSR count). The summed E-state index contributed by atoms with van der Waals surface area (Å²) in [4.78, 5) is 21.3. The minimum absolute atomic E-state index is 0.551. The molecule has 0 radical (unpaired) electrons. The second kappa shape index (κ2) is 6.39. The number of carboxylic acid groups (broad SMARTS) is 1. The lowest BCUT2D eigenvalue weighted by molar-refractivity contribution is -0.133. The van der Waals surface area contributed by atoms with Gasteiger partial charge in [0.2, 0.25) is 8.32 Å². The van der Waals surface area contributed by atoms with Crippen LogP contribution in [0.1, 0.15) is 19.8 Å². The third kappa shape index (κ3) is 7.93. The monoisotopic (exact) mass is 230 g/mol. The summed E-state index contributed by atoms with van der Waals surface area (Å²) in [5.41, 5.74) is 0. The van der Waals surface area contributed by atoms with Gasteiger partial charge in [-0.15, -0.1) is 0 Å². The molecule has 0 saturated heterocycles. The third-order valence-corrected chi connectivity index (χ3v) is 4.18. The number of carboxylic acids is 1. The molecule has 0 atom stereocenters. The molecule has 0 aliphatic carbocycles. The summed E-state index contributed by atoms with van der Waals surface area (Å²) in [6.07, 6.45) is 3.86. The van der Waals surface area contributed by atoms with E-state index in [0.717, 1.165) is 31.0 Å². The molecule has 15 heavy (non-hydrogen) atoms. The van der Waals surface area contributed by atoms with Crippen molar-refractivity contribution in [2.24, 2.45) is 0 Å². The number of hydrogen-bond acceptors (Lipinski definition) is 3. The van der Waals surface area contributed by atoms with Crippen molar-refractivity contribution < 1.29 is 19.1 Å². The fraction of sp³-hybridized carbons (Fsp3) is 0.600. The molecule has 0 bridgehead atoms. The summed E-state index contributed by atoms with van der Waals surface area (Å²) in [5.74, 6) is -1.69. The molecule has 0 spiro atoms. The Morgan fingerprint density at radius 1 is 1.33 bits per heavy atom. The van der Waals surface area contributed by atoms with Crippen molar-refractivity contribution in [1.82, 2.24) is 0 Å². The van der Waals surface area contributed by atoms with Gasteiger partial charge in [0, 0.05) is 12.2 Å². The SMILES string of the molecule is CCCC[Si](C)(C)OC(=O)/C=C\C(=O)O. The summed E-state index contributed by atoms with van der Waals surface area (Å²) in [6, 6.07) is 0.913. The smallest absolute Gasteiger partial charge is 0.328 e. The van der Waals surface area contributed by atoms with Crippen LogP contribution in [-0.2, 0) is 14.0 Å². The zero-order valence-corrected chi connectivity index (χ0v) is 10.4. The van der Waals surface area contributed by atoms with Gasteiger partial charge in [-0.3, -0.25) is 0 Å². The highest BCUT2D eigenvalue weighted by molar-refractivity contribution is 6.72. The van der Waals surface area contributed by atoms with Crippen LogP contribution in [0.2, 0.25) is 19.1 Å². The van der Waals surface area contributed by atoms with E-state index in [-0.39, 0.29) is 0 Å². The fourth-order valence-corrected chi connectivity index (χ4v) is 3.02. The first kappa shape index (κ1) is 13.9. The molecule has 4 nitrogen and oxygen atoms in total. The Hall–Kier alpha value is -1.10. The van der Waals surface area contributed by atoms with E-state index in [2.05, 4.69) is 6.92 Å². The van der Waals surface area contributed by atoms with Crippen LogP contribution in [0, 0.1) is 0 Å². The summed E-state index contributed by atoms with van der Waals surface area (Å²) >= 11 is 0. The number of hydrogen-bond donors (Lipinski definition) is 1.